The maximum atomic E-state index is 12.5. The van der Waals surface area contributed by atoms with Crippen LogP contribution in [-0.4, -0.2) is 15.6 Å². The summed E-state index contributed by atoms with van der Waals surface area (Å²) in [6.45, 7) is 2.09. The minimum absolute atomic E-state index is 0.194. The number of nitrogens with zero attached hydrogens (tertiary/aromatic N) is 2. The number of benzene rings is 2. The molecule has 1 aliphatic carbocycles. The number of fused-ring (bicyclic) bond motifs is 1. The van der Waals surface area contributed by atoms with E-state index in [1.165, 1.54) is 11.1 Å². The maximum absolute atomic E-state index is 12.5. The normalized spacial score (nSPS) is 17.1. The molecule has 23 heavy (non-hydrogen) atoms. The van der Waals surface area contributed by atoms with Crippen LogP contribution in [0.25, 0.3) is 5.69 Å². The van der Waals surface area contributed by atoms with Crippen molar-refractivity contribution >= 4 is 5.78 Å². The largest absolute Gasteiger partial charge is 0.294 e. The third-order valence-electron chi connectivity index (χ3n) is 4.56. The Balaban J connectivity index is 1.76. The number of aryl methyl sites for hydroxylation is 1. The molecular weight excluding hydrogens is 284 g/mol. The molecule has 0 N–H and O–H groups in total. The SMILES string of the molecule is Cc1cccc([C@H]2CC(=O)c3cnn(-c4ccccc4)c3C2)c1. The number of rotatable bonds is 2. The third kappa shape index (κ3) is 2.48. The summed E-state index contributed by atoms with van der Waals surface area (Å²) in [6, 6.07) is 18.5. The first-order valence-corrected chi connectivity index (χ1v) is 7.94. The quantitative estimate of drug-likeness (QED) is 0.714. The zero-order valence-corrected chi connectivity index (χ0v) is 13.1. The first kappa shape index (κ1) is 13.9. The summed E-state index contributed by atoms with van der Waals surface area (Å²) in [5.74, 6) is 0.425. The predicted octanol–water partition coefficient (Wildman–Crippen LogP) is 4.09. The standard InChI is InChI=1S/C20H18N2O/c1-14-6-5-7-15(10-14)16-11-19-18(20(23)12-16)13-21-22(19)17-8-3-2-4-9-17/h2-10,13,16H,11-12H2,1H3/t16-/m1/s1. The number of ketones is 1. The van der Waals surface area contributed by atoms with Gasteiger partial charge in [-0.05, 0) is 37.0 Å². The first-order chi connectivity index (χ1) is 11.2. The minimum atomic E-state index is 0.194. The second kappa shape index (κ2) is 5.51. The van der Waals surface area contributed by atoms with Crippen LogP contribution in [0.3, 0.4) is 0 Å². The van der Waals surface area contributed by atoms with Gasteiger partial charge in [-0.25, -0.2) is 4.68 Å². The summed E-state index contributed by atoms with van der Waals surface area (Å²) in [7, 11) is 0. The van der Waals surface area contributed by atoms with E-state index in [2.05, 4.69) is 36.3 Å². The highest BCUT2D eigenvalue weighted by Crippen LogP contribution is 2.33. The summed E-state index contributed by atoms with van der Waals surface area (Å²) in [5, 5.41) is 4.46. The average molecular weight is 302 g/mol. The van der Waals surface area contributed by atoms with Crippen molar-refractivity contribution in [1.29, 1.82) is 0 Å². The van der Waals surface area contributed by atoms with Crippen molar-refractivity contribution in [3.63, 3.8) is 0 Å². The van der Waals surface area contributed by atoms with Gasteiger partial charge < -0.3 is 0 Å². The Morgan fingerprint density at radius 3 is 2.65 bits per heavy atom. The number of Topliss-reactive ketones (excluding diaryl/α,β-unsaturated/α-hetero) is 1. The van der Waals surface area contributed by atoms with Crippen molar-refractivity contribution in [3.05, 3.63) is 83.2 Å². The van der Waals surface area contributed by atoms with Crippen molar-refractivity contribution in [2.75, 3.05) is 0 Å². The Hall–Kier alpha value is -2.68. The van der Waals surface area contributed by atoms with Gasteiger partial charge >= 0.3 is 0 Å². The molecule has 0 amide bonds. The molecule has 114 valence electrons. The number of carbonyl (C=O) groups is 1. The van der Waals surface area contributed by atoms with E-state index in [0.29, 0.717) is 6.42 Å². The van der Waals surface area contributed by atoms with Crippen LogP contribution in [-0.2, 0) is 6.42 Å². The Morgan fingerprint density at radius 2 is 1.87 bits per heavy atom. The molecule has 1 atom stereocenters. The van der Waals surface area contributed by atoms with Crippen molar-refractivity contribution in [2.24, 2.45) is 0 Å². The van der Waals surface area contributed by atoms with E-state index in [-0.39, 0.29) is 11.7 Å². The lowest BCUT2D eigenvalue weighted by Gasteiger charge is -2.23. The van der Waals surface area contributed by atoms with Crippen molar-refractivity contribution in [2.45, 2.75) is 25.7 Å². The van der Waals surface area contributed by atoms with Gasteiger partial charge in [0.25, 0.3) is 0 Å². The number of para-hydroxylation sites is 1. The molecule has 0 spiro atoms. The van der Waals surface area contributed by atoms with Crippen LogP contribution in [0.1, 0.15) is 39.5 Å². The van der Waals surface area contributed by atoms with Gasteiger partial charge in [0.15, 0.2) is 5.78 Å². The van der Waals surface area contributed by atoms with Gasteiger partial charge in [0.1, 0.15) is 0 Å². The average Bonchev–Trinajstić information content (AvgIpc) is 3.00. The molecule has 0 fully saturated rings. The van der Waals surface area contributed by atoms with E-state index < -0.39 is 0 Å². The third-order valence-corrected chi connectivity index (χ3v) is 4.56. The van der Waals surface area contributed by atoms with Crippen molar-refractivity contribution in [3.8, 4) is 5.69 Å². The summed E-state index contributed by atoms with van der Waals surface area (Å²) in [6.07, 6.45) is 3.13. The first-order valence-electron chi connectivity index (χ1n) is 7.94. The highest BCUT2D eigenvalue weighted by atomic mass is 16.1. The molecule has 3 nitrogen and oxygen atoms in total. The van der Waals surface area contributed by atoms with Crippen LogP contribution >= 0.6 is 0 Å². The molecule has 0 aliphatic heterocycles. The molecule has 0 saturated carbocycles. The zero-order valence-electron chi connectivity index (χ0n) is 13.1. The van der Waals surface area contributed by atoms with Crippen LogP contribution in [0.5, 0.6) is 0 Å². The lowest BCUT2D eigenvalue weighted by Crippen LogP contribution is -2.20. The molecule has 1 aliphatic rings. The lowest BCUT2D eigenvalue weighted by molar-refractivity contribution is 0.0963. The Bertz CT molecular complexity index is 864. The van der Waals surface area contributed by atoms with E-state index in [1.807, 2.05) is 35.0 Å². The van der Waals surface area contributed by atoms with E-state index in [1.54, 1.807) is 6.20 Å². The highest BCUT2D eigenvalue weighted by Gasteiger charge is 2.30. The van der Waals surface area contributed by atoms with Crippen molar-refractivity contribution < 1.29 is 4.79 Å². The zero-order chi connectivity index (χ0) is 15.8. The van der Waals surface area contributed by atoms with Crippen LogP contribution in [0.4, 0.5) is 0 Å². The molecule has 1 aromatic heterocycles. The molecular formula is C20H18N2O. The summed E-state index contributed by atoms with van der Waals surface area (Å²) in [5.41, 5.74) is 5.28. The van der Waals surface area contributed by atoms with Gasteiger partial charge in [-0.1, -0.05) is 48.0 Å². The number of carbonyl (C=O) groups excluding carboxylic acids is 1. The van der Waals surface area contributed by atoms with Gasteiger partial charge in [-0.2, -0.15) is 5.10 Å². The molecule has 3 aromatic rings. The van der Waals surface area contributed by atoms with E-state index >= 15 is 0 Å². The van der Waals surface area contributed by atoms with Crippen LogP contribution in [0.15, 0.2) is 60.8 Å². The Morgan fingerprint density at radius 1 is 1.04 bits per heavy atom. The van der Waals surface area contributed by atoms with Gasteiger partial charge in [-0.3, -0.25) is 4.79 Å². The van der Waals surface area contributed by atoms with Gasteiger partial charge in [0.05, 0.1) is 23.1 Å². The Labute approximate surface area is 135 Å². The fraction of sp³-hybridized carbons (Fsp3) is 0.200. The molecule has 0 radical (unpaired) electrons. The summed E-state index contributed by atoms with van der Waals surface area (Å²) >= 11 is 0. The fourth-order valence-electron chi connectivity index (χ4n) is 3.39. The topological polar surface area (TPSA) is 34.9 Å². The fourth-order valence-corrected chi connectivity index (χ4v) is 3.39. The van der Waals surface area contributed by atoms with Gasteiger partial charge in [0, 0.05) is 6.42 Å². The van der Waals surface area contributed by atoms with Crippen LogP contribution < -0.4 is 0 Å². The smallest absolute Gasteiger partial charge is 0.166 e. The monoisotopic (exact) mass is 302 g/mol. The maximum Gasteiger partial charge on any atom is 0.166 e. The van der Waals surface area contributed by atoms with E-state index in [9.17, 15) is 4.79 Å². The summed E-state index contributed by atoms with van der Waals surface area (Å²) in [4.78, 5) is 12.5. The van der Waals surface area contributed by atoms with Crippen LogP contribution in [0.2, 0.25) is 0 Å². The van der Waals surface area contributed by atoms with Gasteiger partial charge in [-0.15, -0.1) is 0 Å². The molecule has 3 heteroatoms. The molecule has 0 saturated heterocycles. The van der Waals surface area contributed by atoms with Crippen LogP contribution in [0, 0.1) is 6.92 Å². The highest BCUT2D eigenvalue weighted by molar-refractivity contribution is 5.98. The Kier molecular flexibility index (Phi) is 3.34. The number of hydrogen-bond acceptors (Lipinski definition) is 2. The second-order valence-electron chi connectivity index (χ2n) is 6.19. The molecule has 4 rings (SSSR count). The minimum Gasteiger partial charge on any atom is -0.294 e. The summed E-state index contributed by atoms with van der Waals surface area (Å²) < 4.78 is 1.91. The van der Waals surface area contributed by atoms with Gasteiger partial charge in [0.2, 0.25) is 0 Å². The molecule has 0 bridgehead atoms. The number of hydrogen-bond donors (Lipinski definition) is 0. The molecule has 0 unspecified atom stereocenters. The number of aromatic nitrogens is 2. The molecule has 2 aromatic carbocycles. The van der Waals surface area contributed by atoms with E-state index in [4.69, 9.17) is 0 Å². The second-order valence-corrected chi connectivity index (χ2v) is 6.19. The lowest BCUT2D eigenvalue weighted by atomic mass is 9.82. The van der Waals surface area contributed by atoms with E-state index in [0.717, 1.165) is 23.4 Å². The molecule has 1 heterocycles. The predicted molar refractivity (Wildman–Crippen MR) is 90.1 cm³/mol. The van der Waals surface area contributed by atoms with Crippen molar-refractivity contribution in [1.82, 2.24) is 9.78 Å².